The van der Waals surface area contributed by atoms with Crippen LogP contribution in [0.15, 0.2) is 0 Å². The average molecular weight is 239 g/mol. The van der Waals surface area contributed by atoms with Crippen LogP contribution >= 0.6 is 0 Å². The zero-order valence-electron chi connectivity index (χ0n) is 11.2. The third-order valence-electron chi connectivity index (χ3n) is 4.51. The molecule has 0 aliphatic carbocycles. The van der Waals surface area contributed by atoms with Gasteiger partial charge in [0.2, 0.25) is 5.91 Å². The normalized spacial score (nSPS) is 35.4. The van der Waals surface area contributed by atoms with E-state index in [4.69, 9.17) is 0 Å². The third kappa shape index (κ3) is 2.47. The fourth-order valence-corrected chi connectivity index (χ4v) is 3.63. The standard InChI is InChI=1S/C13H25N3O/c1-9(13(17)15-3)16-11-5-4-6-12(16)8-10(7-11)14-2/h9-12,14H,4-8H2,1-3H3,(H,15,17). The molecule has 1 amide bonds. The second-order valence-electron chi connectivity index (χ2n) is 5.43. The number of rotatable bonds is 3. The summed E-state index contributed by atoms with van der Waals surface area (Å²) in [5.41, 5.74) is 0. The minimum Gasteiger partial charge on any atom is -0.358 e. The number of carbonyl (C=O) groups is 1. The lowest BCUT2D eigenvalue weighted by Gasteiger charge is -2.51. The zero-order chi connectivity index (χ0) is 12.4. The minimum absolute atomic E-state index is 0.0214. The molecule has 2 bridgehead atoms. The number of piperidine rings is 2. The minimum atomic E-state index is 0.0214. The van der Waals surface area contributed by atoms with Gasteiger partial charge in [-0.2, -0.15) is 0 Å². The van der Waals surface area contributed by atoms with Gasteiger partial charge >= 0.3 is 0 Å². The topological polar surface area (TPSA) is 44.4 Å². The first kappa shape index (κ1) is 12.8. The van der Waals surface area contributed by atoms with Crippen molar-refractivity contribution in [2.75, 3.05) is 14.1 Å². The molecule has 4 nitrogen and oxygen atoms in total. The van der Waals surface area contributed by atoms with Gasteiger partial charge in [0.1, 0.15) is 0 Å². The molecule has 3 unspecified atom stereocenters. The van der Waals surface area contributed by atoms with E-state index in [1.54, 1.807) is 7.05 Å². The van der Waals surface area contributed by atoms with E-state index in [1.807, 2.05) is 6.92 Å². The molecule has 2 rings (SSSR count). The van der Waals surface area contributed by atoms with E-state index in [1.165, 1.54) is 32.1 Å². The van der Waals surface area contributed by atoms with Crippen molar-refractivity contribution in [3.63, 3.8) is 0 Å². The van der Waals surface area contributed by atoms with Gasteiger partial charge in [0.25, 0.3) is 0 Å². The van der Waals surface area contributed by atoms with Crippen molar-refractivity contribution in [3.05, 3.63) is 0 Å². The predicted octanol–water partition coefficient (Wildman–Crippen LogP) is 0.726. The lowest BCUT2D eigenvalue weighted by molar-refractivity contribution is -0.130. The maximum Gasteiger partial charge on any atom is 0.236 e. The van der Waals surface area contributed by atoms with Crippen molar-refractivity contribution >= 4 is 5.91 Å². The summed E-state index contributed by atoms with van der Waals surface area (Å²) in [4.78, 5) is 14.3. The van der Waals surface area contributed by atoms with Crippen molar-refractivity contribution < 1.29 is 4.79 Å². The van der Waals surface area contributed by atoms with E-state index in [2.05, 4.69) is 22.6 Å². The maximum absolute atomic E-state index is 11.8. The fraction of sp³-hybridized carbons (Fsp3) is 0.923. The van der Waals surface area contributed by atoms with E-state index in [-0.39, 0.29) is 11.9 Å². The van der Waals surface area contributed by atoms with Gasteiger partial charge in [-0.25, -0.2) is 0 Å². The highest BCUT2D eigenvalue weighted by Gasteiger charge is 2.41. The first-order valence-electron chi connectivity index (χ1n) is 6.83. The molecule has 0 aromatic rings. The third-order valence-corrected chi connectivity index (χ3v) is 4.51. The van der Waals surface area contributed by atoms with Gasteiger partial charge < -0.3 is 10.6 Å². The van der Waals surface area contributed by atoms with Crippen molar-refractivity contribution in [3.8, 4) is 0 Å². The van der Waals surface area contributed by atoms with Crippen LogP contribution in [-0.4, -0.2) is 49.1 Å². The summed E-state index contributed by atoms with van der Waals surface area (Å²) in [5, 5.41) is 6.19. The van der Waals surface area contributed by atoms with Gasteiger partial charge in [0, 0.05) is 25.2 Å². The molecule has 2 heterocycles. The van der Waals surface area contributed by atoms with Crippen LogP contribution < -0.4 is 10.6 Å². The molecule has 0 aromatic heterocycles. The van der Waals surface area contributed by atoms with E-state index in [9.17, 15) is 4.79 Å². The highest BCUT2D eigenvalue weighted by atomic mass is 16.2. The summed E-state index contributed by atoms with van der Waals surface area (Å²) in [6, 6.07) is 1.84. The molecule has 4 heteroatoms. The van der Waals surface area contributed by atoms with Gasteiger partial charge in [-0.15, -0.1) is 0 Å². The van der Waals surface area contributed by atoms with Gasteiger partial charge in [0.15, 0.2) is 0 Å². The smallest absolute Gasteiger partial charge is 0.236 e. The number of likely N-dealkylation sites (N-methyl/N-ethyl adjacent to an activating group) is 1. The molecular weight excluding hydrogens is 214 g/mol. The summed E-state index contributed by atoms with van der Waals surface area (Å²) in [5.74, 6) is 0.157. The van der Waals surface area contributed by atoms with Crippen molar-refractivity contribution in [2.45, 2.75) is 63.2 Å². The van der Waals surface area contributed by atoms with E-state index in [0.717, 1.165) is 0 Å². The summed E-state index contributed by atoms with van der Waals surface area (Å²) in [6.45, 7) is 2.05. The molecule has 3 atom stereocenters. The Balaban J connectivity index is 2.09. The highest BCUT2D eigenvalue weighted by molar-refractivity contribution is 5.81. The summed E-state index contributed by atoms with van der Waals surface area (Å²) >= 11 is 0. The van der Waals surface area contributed by atoms with Crippen LogP contribution in [-0.2, 0) is 4.79 Å². The molecule has 0 saturated carbocycles. The van der Waals surface area contributed by atoms with E-state index < -0.39 is 0 Å². The van der Waals surface area contributed by atoms with Gasteiger partial charge in [-0.3, -0.25) is 9.69 Å². The number of amides is 1. The van der Waals surface area contributed by atoms with E-state index >= 15 is 0 Å². The highest BCUT2D eigenvalue weighted by Crippen LogP contribution is 2.35. The molecule has 98 valence electrons. The Morgan fingerprint density at radius 1 is 1.24 bits per heavy atom. The molecule has 0 spiro atoms. The summed E-state index contributed by atoms with van der Waals surface area (Å²) < 4.78 is 0. The molecule has 0 radical (unpaired) electrons. The molecule has 17 heavy (non-hydrogen) atoms. The fourth-order valence-electron chi connectivity index (χ4n) is 3.63. The molecule has 2 aliphatic rings. The number of hydrogen-bond acceptors (Lipinski definition) is 3. The van der Waals surface area contributed by atoms with Crippen LogP contribution in [0.2, 0.25) is 0 Å². The first-order valence-corrected chi connectivity index (χ1v) is 6.83. The van der Waals surface area contributed by atoms with Crippen molar-refractivity contribution in [1.29, 1.82) is 0 Å². The molecular formula is C13H25N3O. The SMILES string of the molecule is CNC(=O)C(C)N1C2CCCC1CC(NC)C2. The lowest BCUT2D eigenvalue weighted by atomic mass is 9.80. The van der Waals surface area contributed by atoms with Crippen molar-refractivity contribution in [2.24, 2.45) is 0 Å². The Kier molecular flexibility index (Phi) is 4.05. The monoisotopic (exact) mass is 239 g/mol. The largest absolute Gasteiger partial charge is 0.358 e. The Morgan fingerprint density at radius 3 is 2.29 bits per heavy atom. The summed E-state index contributed by atoms with van der Waals surface area (Å²) in [7, 11) is 3.78. The summed E-state index contributed by atoms with van der Waals surface area (Å²) in [6.07, 6.45) is 6.19. The van der Waals surface area contributed by atoms with Gasteiger partial charge in [-0.05, 0) is 39.7 Å². The molecule has 2 aliphatic heterocycles. The number of carbonyl (C=O) groups excluding carboxylic acids is 1. The zero-order valence-corrected chi connectivity index (χ0v) is 11.2. The van der Waals surface area contributed by atoms with Crippen LogP contribution in [0.25, 0.3) is 0 Å². The van der Waals surface area contributed by atoms with Crippen LogP contribution in [0.4, 0.5) is 0 Å². The first-order chi connectivity index (χ1) is 8.17. The quantitative estimate of drug-likeness (QED) is 0.763. The second kappa shape index (κ2) is 5.36. The van der Waals surface area contributed by atoms with Crippen molar-refractivity contribution in [1.82, 2.24) is 15.5 Å². The van der Waals surface area contributed by atoms with Crippen LogP contribution in [0.1, 0.15) is 39.0 Å². The van der Waals surface area contributed by atoms with Gasteiger partial charge in [-0.1, -0.05) is 6.42 Å². The number of nitrogens with one attached hydrogen (secondary N) is 2. The Morgan fingerprint density at radius 2 is 1.82 bits per heavy atom. The molecule has 0 aromatic carbocycles. The molecule has 2 N–H and O–H groups in total. The average Bonchev–Trinajstić information content (AvgIpc) is 2.35. The molecule has 2 fully saturated rings. The predicted molar refractivity (Wildman–Crippen MR) is 68.9 cm³/mol. The second-order valence-corrected chi connectivity index (χ2v) is 5.43. The Labute approximate surface area is 104 Å². The van der Waals surface area contributed by atoms with Crippen LogP contribution in [0.3, 0.4) is 0 Å². The van der Waals surface area contributed by atoms with E-state index in [0.29, 0.717) is 18.1 Å². The Hall–Kier alpha value is -0.610. The Bertz CT molecular complexity index is 268. The van der Waals surface area contributed by atoms with Crippen LogP contribution in [0, 0.1) is 0 Å². The number of hydrogen-bond donors (Lipinski definition) is 2. The lowest BCUT2D eigenvalue weighted by Crippen LogP contribution is -2.61. The number of nitrogens with zero attached hydrogens (tertiary/aromatic N) is 1. The molecule has 2 saturated heterocycles. The van der Waals surface area contributed by atoms with Crippen LogP contribution in [0.5, 0.6) is 0 Å². The number of fused-ring (bicyclic) bond motifs is 2. The van der Waals surface area contributed by atoms with Gasteiger partial charge in [0.05, 0.1) is 6.04 Å². The maximum atomic E-state index is 11.8.